The highest BCUT2D eigenvalue weighted by atomic mass is 35.5. The van der Waals surface area contributed by atoms with Gasteiger partial charge >= 0.3 is 0 Å². The first-order valence-corrected chi connectivity index (χ1v) is 9.13. The van der Waals surface area contributed by atoms with Gasteiger partial charge in [0.1, 0.15) is 0 Å². The van der Waals surface area contributed by atoms with E-state index in [4.69, 9.17) is 11.6 Å². The monoisotopic (exact) mass is 340 g/mol. The summed E-state index contributed by atoms with van der Waals surface area (Å²) in [5, 5.41) is 20.7. The Morgan fingerprint density at radius 2 is 1.96 bits per heavy atom. The second kappa shape index (κ2) is 9.05. The first kappa shape index (κ1) is 20.5. The molecule has 0 heterocycles. The molecule has 2 nitrogen and oxygen atoms in total. The summed E-state index contributed by atoms with van der Waals surface area (Å²) >= 11 is 6.46. The highest BCUT2D eigenvalue weighted by Gasteiger charge is 2.22. The first-order chi connectivity index (χ1) is 10.6. The van der Waals surface area contributed by atoms with Gasteiger partial charge in [-0.15, -0.1) is 11.6 Å². The summed E-state index contributed by atoms with van der Waals surface area (Å²) in [6, 6.07) is 0. The molecule has 0 amide bonds. The van der Waals surface area contributed by atoms with Gasteiger partial charge in [-0.3, -0.25) is 0 Å². The normalized spacial score (nSPS) is 38.7. The van der Waals surface area contributed by atoms with Crippen LogP contribution in [-0.2, 0) is 0 Å². The van der Waals surface area contributed by atoms with Crippen molar-refractivity contribution in [3.05, 3.63) is 36.0 Å². The van der Waals surface area contributed by atoms with Crippen molar-refractivity contribution in [1.82, 2.24) is 0 Å². The lowest BCUT2D eigenvalue weighted by Crippen LogP contribution is -2.27. The summed E-state index contributed by atoms with van der Waals surface area (Å²) in [4.78, 5) is 0. The number of aliphatic hydroxyl groups is 2. The second-order valence-corrected chi connectivity index (χ2v) is 8.14. The fraction of sp³-hybridized carbons (Fsp3) is 0.700. The van der Waals surface area contributed by atoms with Gasteiger partial charge in [-0.1, -0.05) is 49.8 Å². The quantitative estimate of drug-likeness (QED) is 0.521. The van der Waals surface area contributed by atoms with E-state index in [9.17, 15) is 10.2 Å². The molecule has 0 saturated heterocycles. The maximum atomic E-state index is 10.5. The van der Waals surface area contributed by atoms with Crippen LogP contribution in [0.4, 0.5) is 0 Å². The predicted octanol–water partition coefficient (Wildman–Crippen LogP) is 5.00. The van der Waals surface area contributed by atoms with Gasteiger partial charge in [0.05, 0.1) is 17.1 Å². The van der Waals surface area contributed by atoms with E-state index in [0.29, 0.717) is 18.3 Å². The number of allylic oxidation sites excluding steroid dienone is 3. The standard InChI is InChI=1S/C20H33ClO2/c1-14(2)17-8-7-16(4)19(21)9-6-15(3)12-18(22)13-20(5,23)11-10-17/h10-12,14,17-19,22-23H,4,6-9,13H2,1-3,5H3/b11-10+,15-12+/t17-,18+,19+,20-/m1/s1. The Hall–Kier alpha value is -0.570. The van der Waals surface area contributed by atoms with Crippen LogP contribution in [0, 0.1) is 11.8 Å². The number of hydrogen-bond acceptors (Lipinski definition) is 2. The minimum absolute atomic E-state index is 0.0154. The van der Waals surface area contributed by atoms with Crippen molar-refractivity contribution in [2.45, 2.75) is 76.9 Å². The van der Waals surface area contributed by atoms with Crippen LogP contribution in [0.15, 0.2) is 36.0 Å². The van der Waals surface area contributed by atoms with E-state index in [-0.39, 0.29) is 5.38 Å². The molecular weight excluding hydrogens is 308 g/mol. The number of halogens is 1. The van der Waals surface area contributed by atoms with E-state index in [0.717, 1.165) is 36.8 Å². The molecule has 1 aliphatic carbocycles. The van der Waals surface area contributed by atoms with Crippen LogP contribution in [0.3, 0.4) is 0 Å². The van der Waals surface area contributed by atoms with Gasteiger partial charge in [-0.25, -0.2) is 0 Å². The summed E-state index contributed by atoms with van der Waals surface area (Å²) in [6.45, 7) is 12.3. The summed E-state index contributed by atoms with van der Waals surface area (Å²) in [6.07, 6.45) is 9.02. The van der Waals surface area contributed by atoms with Crippen LogP contribution in [0.2, 0.25) is 0 Å². The molecule has 0 spiro atoms. The van der Waals surface area contributed by atoms with E-state index >= 15 is 0 Å². The summed E-state index contributed by atoms with van der Waals surface area (Å²) in [7, 11) is 0. The van der Waals surface area contributed by atoms with Crippen molar-refractivity contribution in [1.29, 1.82) is 0 Å². The van der Waals surface area contributed by atoms with Gasteiger partial charge in [0.2, 0.25) is 0 Å². The van der Waals surface area contributed by atoms with Crippen molar-refractivity contribution in [3.63, 3.8) is 0 Å². The predicted molar refractivity (Wildman–Crippen MR) is 99.7 cm³/mol. The average molecular weight is 341 g/mol. The third-order valence-corrected chi connectivity index (χ3v) is 5.22. The fourth-order valence-electron chi connectivity index (χ4n) is 3.01. The highest BCUT2D eigenvalue weighted by molar-refractivity contribution is 6.22. The number of aliphatic hydroxyl groups excluding tert-OH is 1. The van der Waals surface area contributed by atoms with Crippen molar-refractivity contribution < 1.29 is 10.2 Å². The lowest BCUT2D eigenvalue weighted by molar-refractivity contribution is 0.0565. The number of rotatable bonds is 1. The van der Waals surface area contributed by atoms with Gasteiger partial charge < -0.3 is 10.2 Å². The summed E-state index contributed by atoms with van der Waals surface area (Å²) in [5.74, 6) is 0.864. The fourth-order valence-corrected chi connectivity index (χ4v) is 3.23. The molecule has 2 N–H and O–H groups in total. The third-order valence-electron chi connectivity index (χ3n) is 4.69. The van der Waals surface area contributed by atoms with Crippen LogP contribution in [0.25, 0.3) is 0 Å². The summed E-state index contributed by atoms with van der Waals surface area (Å²) in [5.41, 5.74) is 1.19. The molecule has 0 aromatic carbocycles. The molecule has 0 aromatic rings. The molecular formula is C20H33ClO2. The molecule has 0 unspecified atom stereocenters. The smallest absolute Gasteiger partial charge is 0.0827 e. The molecule has 3 heteroatoms. The van der Waals surface area contributed by atoms with Gasteiger partial charge in [0.15, 0.2) is 0 Å². The number of hydrogen-bond donors (Lipinski definition) is 2. The van der Waals surface area contributed by atoms with Crippen molar-refractivity contribution >= 4 is 11.6 Å². The van der Waals surface area contributed by atoms with Crippen LogP contribution in [-0.4, -0.2) is 27.3 Å². The average Bonchev–Trinajstić information content (AvgIpc) is 2.42. The van der Waals surface area contributed by atoms with E-state index in [1.54, 1.807) is 6.92 Å². The molecule has 1 aliphatic rings. The van der Waals surface area contributed by atoms with E-state index in [1.165, 1.54) is 0 Å². The lowest BCUT2D eigenvalue weighted by Gasteiger charge is -2.25. The molecule has 0 radical (unpaired) electrons. The van der Waals surface area contributed by atoms with E-state index in [1.807, 2.05) is 19.1 Å². The Labute approximate surface area is 146 Å². The Balaban J connectivity index is 2.98. The second-order valence-electron chi connectivity index (χ2n) is 7.61. The van der Waals surface area contributed by atoms with Gasteiger partial charge in [0.25, 0.3) is 0 Å². The lowest BCUT2D eigenvalue weighted by atomic mass is 9.86. The molecule has 0 aliphatic heterocycles. The maximum Gasteiger partial charge on any atom is 0.0827 e. The minimum atomic E-state index is -1.00. The van der Waals surface area contributed by atoms with Crippen LogP contribution in [0.1, 0.15) is 59.8 Å². The van der Waals surface area contributed by atoms with Crippen LogP contribution < -0.4 is 0 Å². The third kappa shape index (κ3) is 7.69. The molecule has 0 fully saturated rings. The zero-order valence-electron chi connectivity index (χ0n) is 15.1. The molecule has 132 valence electrons. The van der Waals surface area contributed by atoms with Crippen molar-refractivity contribution in [2.75, 3.05) is 0 Å². The van der Waals surface area contributed by atoms with E-state index in [2.05, 4.69) is 26.5 Å². The largest absolute Gasteiger partial charge is 0.389 e. The van der Waals surface area contributed by atoms with Crippen LogP contribution >= 0.6 is 11.6 Å². The van der Waals surface area contributed by atoms with Gasteiger partial charge in [0, 0.05) is 6.42 Å². The van der Waals surface area contributed by atoms with Crippen molar-refractivity contribution in [2.24, 2.45) is 11.8 Å². The number of alkyl halides is 1. The maximum absolute atomic E-state index is 10.5. The van der Waals surface area contributed by atoms with Gasteiger partial charge in [-0.05, 0) is 51.4 Å². The molecule has 0 bridgehead atoms. The Morgan fingerprint density at radius 3 is 2.57 bits per heavy atom. The molecule has 0 saturated carbocycles. The zero-order valence-corrected chi connectivity index (χ0v) is 15.8. The minimum Gasteiger partial charge on any atom is -0.389 e. The zero-order chi connectivity index (χ0) is 17.6. The molecule has 23 heavy (non-hydrogen) atoms. The Kier molecular flexibility index (Phi) is 8.06. The first-order valence-electron chi connectivity index (χ1n) is 8.69. The van der Waals surface area contributed by atoms with Crippen molar-refractivity contribution in [3.8, 4) is 0 Å². The van der Waals surface area contributed by atoms with Crippen LogP contribution in [0.5, 0.6) is 0 Å². The summed E-state index contributed by atoms with van der Waals surface area (Å²) < 4.78 is 0. The Morgan fingerprint density at radius 1 is 1.30 bits per heavy atom. The molecule has 4 atom stereocenters. The molecule has 1 rings (SSSR count). The Bertz CT molecular complexity index is 449. The highest BCUT2D eigenvalue weighted by Crippen LogP contribution is 2.28. The van der Waals surface area contributed by atoms with Gasteiger partial charge in [-0.2, -0.15) is 0 Å². The SMILES string of the molecule is C=C1CC[C@@H](C(C)C)/C=C/[C@@](C)(O)C[C@@H](O)/C=C(\C)CC[C@@H]1Cl. The van der Waals surface area contributed by atoms with E-state index < -0.39 is 11.7 Å². The topological polar surface area (TPSA) is 40.5 Å². The molecule has 0 aromatic heterocycles.